The molecule has 0 N–H and O–H groups in total. The smallest absolute Gasteiger partial charge is 0.231 e. The van der Waals surface area contributed by atoms with Crippen LogP contribution >= 0.6 is 0 Å². The van der Waals surface area contributed by atoms with Gasteiger partial charge in [0.2, 0.25) is 12.7 Å². The molecule has 0 radical (unpaired) electrons. The number of ether oxygens (including phenoxy) is 2. The minimum atomic E-state index is -0.249. The molecule has 28 heavy (non-hydrogen) atoms. The maximum Gasteiger partial charge on any atom is 0.231 e. The Morgan fingerprint density at radius 2 is 1.68 bits per heavy atom. The van der Waals surface area contributed by atoms with Gasteiger partial charge in [-0.05, 0) is 41.8 Å². The fourth-order valence-electron chi connectivity index (χ4n) is 3.80. The number of amides is 1. The van der Waals surface area contributed by atoms with Gasteiger partial charge in [-0.3, -0.25) is 9.69 Å². The topological polar surface area (TPSA) is 42.0 Å². The zero-order valence-corrected chi connectivity index (χ0v) is 16.1. The number of fused-ring (bicyclic) bond motifs is 1. The van der Waals surface area contributed by atoms with Crippen LogP contribution < -0.4 is 9.47 Å². The molecule has 2 aromatic carbocycles. The Bertz CT molecular complexity index is 832. The highest BCUT2D eigenvalue weighted by atomic mass is 19.1. The molecule has 2 aliphatic heterocycles. The zero-order chi connectivity index (χ0) is 19.5. The van der Waals surface area contributed by atoms with E-state index >= 15 is 0 Å². The minimum Gasteiger partial charge on any atom is -0.454 e. The zero-order valence-electron chi connectivity index (χ0n) is 16.1. The largest absolute Gasteiger partial charge is 0.454 e. The molecule has 1 atom stereocenters. The molecule has 0 spiro atoms. The van der Waals surface area contributed by atoms with Gasteiger partial charge in [0.25, 0.3) is 0 Å². The van der Waals surface area contributed by atoms with Crippen molar-refractivity contribution in [1.29, 1.82) is 0 Å². The summed E-state index contributed by atoms with van der Waals surface area (Å²) in [6.45, 7) is 6.24. The highest BCUT2D eigenvalue weighted by molar-refractivity contribution is 5.79. The van der Waals surface area contributed by atoms with E-state index in [4.69, 9.17) is 9.47 Å². The summed E-state index contributed by atoms with van der Waals surface area (Å²) in [6.07, 6.45) is 0.635. The number of benzene rings is 2. The summed E-state index contributed by atoms with van der Waals surface area (Å²) in [5, 5.41) is 0. The Labute approximate surface area is 164 Å². The van der Waals surface area contributed by atoms with Crippen molar-refractivity contribution in [1.82, 2.24) is 9.80 Å². The lowest BCUT2D eigenvalue weighted by Gasteiger charge is -2.36. The number of hydrogen-bond donors (Lipinski definition) is 0. The molecule has 1 amide bonds. The van der Waals surface area contributed by atoms with Crippen LogP contribution in [0.2, 0.25) is 0 Å². The van der Waals surface area contributed by atoms with Crippen molar-refractivity contribution >= 4 is 5.91 Å². The number of carbonyl (C=O) groups is 1. The van der Waals surface area contributed by atoms with E-state index in [1.165, 1.54) is 17.7 Å². The Hall–Kier alpha value is -2.60. The number of rotatable bonds is 5. The summed E-state index contributed by atoms with van der Waals surface area (Å²) in [4.78, 5) is 17.1. The number of halogens is 1. The van der Waals surface area contributed by atoms with E-state index in [0.717, 1.165) is 49.8 Å². The van der Waals surface area contributed by atoms with Crippen LogP contribution in [-0.2, 0) is 17.8 Å². The first kappa shape index (κ1) is 18.7. The van der Waals surface area contributed by atoms with Gasteiger partial charge in [-0.25, -0.2) is 4.39 Å². The first-order valence-corrected chi connectivity index (χ1v) is 9.72. The van der Waals surface area contributed by atoms with E-state index in [9.17, 15) is 9.18 Å². The first-order valence-electron chi connectivity index (χ1n) is 9.72. The third-order valence-electron chi connectivity index (χ3n) is 5.40. The molecule has 6 heteroatoms. The average Bonchev–Trinajstić information content (AvgIpc) is 3.17. The Morgan fingerprint density at radius 1 is 1.00 bits per heavy atom. The lowest BCUT2D eigenvalue weighted by molar-refractivity contribution is -0.136. The Morgan fingerprint density at radius 3 is 2.43 bits per heavy atom. The van der Waals surface area contributed by atoms with E-state index in [0.29, 0.717) is 6.42 Å². The predicted octanol–water partition coefficient (Wildman–Crippen LogP) is 3.08. The van der Waals surface area contributed by atoms with Crippen molar-refractivity contribution < 1.29 is 18.7 Å². The van der Waals surface area contributed by atoms with Crippen LogP contribution in [0, 0.1) is 11.7 Å². The normalized spacial score (nSPS) is 17.6. The maximum atomic E-state index is 13.0. The average molecular weight is 384 g/mol. The van der Waals surface area contributed by atoms with Crippen molar-refractivity contribution in [2.45, 2.75) is 19.9 Å². The second-order valence-electron chi connectivity index (χ2n) is 7.52. The first-order chi connectivity index (χ1) is 13.6. The van der Waals surface area contributed by atoms with E-state index < -0.39 is 0 Å². The highest BCUT2D eigenvalue weighted by Crippen LogP contribution is 2.32. The van der Waals surface area contributed by atoms with Crippen molar-refractivity contribution in [2.75, 3.05) is 33.0 Å². The summed E-state index contributed by atoms with van der Waals surface area (Å²) in [5.74, 6) is 1.43. The quantitative estimate of drug-likeness (QED) is 0.795. The number of carbonyl (C=O) groups excluding carboxylic acids is 1. The summed E-state index contributed by atoms with van der Waals surface area (Å²) < 4.78 is 23.8. The van der Waals surface area contributed by atoms with Crippen molar-refractivity contribution in [3.63, 3.8) is 0 Å². The van der Waals surface area contributed by atoms with Gasteiger partial charge in [0.1, 0.15) is 5.82 Å². The van der Waals surface area contributed by atoms with Crippen LogP contribution in [0.5, 0.6) is 11.5 Å². The van der Waals surface area contributed by atoms with E-state index in [1.54, 1.807) is 12.1 Å². The van der Waals surface area contributed by atoms with Crippen LogP contribution in [-0.4, -0.2) is 48.7 Å². The molecule has 2 heterocycles. The molecule has 0 aliphatic carbocycles. The van der Waals surface area contributed by atoms with Crippen LogP contribution in [0.1, 0.15) is 18.1 Å². The molecule has 1 fully saturated rings. The predicted molar refractivity (Wildman–Crippen MR) is 104 cm³/mol. The van der Waals surface area contributed by atoms with E-state index in [-0.39, 0.29) is 24.4 Å². The number of hydrogen-bond acceptors (Lipinski definition) is 4. The van der Waals surface area contributed by atoms with Crippen LogP contribution in [0.4, 0.5) is 4.39 Å². The summed E-state index contributed by atoms with van der Waals surface area (Å²) in [6, 6.07) is 12.4. The summed E-state index contributed by atoms with van der Waals surface area (Å²) in [7, 11) is 0. The minimum absolute atomic E-state index is 0.106. The van der Waals surface area contributed by atoms with Gasteiger partial charge >= 0.3 is 0 Å². The molecule has 2 aliphatic rings. The van der Waals surface area contributed by atoms with Crippen LogP contribution in [0.25, 0.3) is 0 Å². The molecule has 148 valence electrons. The van der Waals surface area contributed by atoms with Gasteiger partial charge in [-0.2, -0.15) is 0 Å². The monoisotopic (exact) mass is 384 g/mol. The molecule has 0 aromatic heterocycles. The SMILES string of the molecule is CC(Cc1ccc(F)cc1)C(=O)N1CCN(Cc2ccc3c(c2)OCO3)CC1. The molecule has 1 unspecified atom stereocenters. The van der Waals surface area contributed by atoms with Gasteiger partial charge in [-0.1, -0.05) is 25.1 Å². The Kier molecular flexibility index (Phi) is 5.48. The van der Waals surface area contributed by atoms with Crippen LogP contribution in [0.3, 0.4) is 0 Å². The molecule has 0 bridgehead atoms. The summed E-state index contributed by atoms with van der Waals surface area (Å²) >= 11 is 0. The maximum absolute atomic E-state index is 13.0. The van der Waals surface area contributed by atoms with Gasteiger partial charge in [0, 0.05) is 38.6 Å². The highest BCUT2D eigenvalue weighted by Gasteiger charge is 2.25. The third kappa shape index (κ3) is 4.28. The van der Waals surface area contributed by atoms with Crippen molar-refractivity contribution in [2.24, 2.45) is 5.92 Å². The van der Waals surface area contributed by atoms with Crippen LogP contribution in [0.15, 0.2) is 42.5 Å². The number of nitrogens with zero attached hydrogens (tertiary/aromatic N) is 2. The third-order valence-corrected chi connectivity index (χ3v) is 5.40. The molecule has 5 nitrogen and oxygen atoms in total. The molecular formula is C22H25FN2O3. The molecule has 0 saturated carbocycles. The molecule has 1 saturated heterocycles. The van der Waals surface area contributed by atoms with Gasteiger partial charge in [0.15, 0.2) is 11.5 Å². The summed E-state index contributed by atoms with van der Waals surface area (Å²) in [5.41, 5.74) is 2.18. The van der Waals surface area contributed by atoms with Gasteiger partial charge in [-0.15, -0.1) is 0 Å². The van der Waals surface area contributed by atoms with E-state index in [2.05, 4.69) is 11.0 Å². The molecule has 4 rings (SSSR count). The Balaban J connectivity index is 1.27. The molecule has 2 aromatic rings. The lowest BCUT2D eigenvalue weighted by Crippen LogP contribution is -2.49. The second kappa shape index (κ2) is 8.19. The van der Waals surface area contributed by atoms with Gasteiger partial charge in [0.05, 0.1) is 0 Å². The number of piperazine rings is 1. The lowest BCUT2D eigenvalue weighted by atomic mass is 9.99. The second-order valence-corrected chi connectivity index (χ2v) is 7.52. The fourth-order valence-corrected chi connectivity index (χ4v) is 3.80. The van der Waals surface area contributed by atoms with Crippen molar-refractivity contribution in [3.8, 4) is 11.5 Å². The van der Waals surface area contributed by atoms with E-state index in [1.807, 2.05) is 24.0 Å². The van der Waals surface area contributed by atoms with Crippen molar-refractivity contribution in [3.05, 3.63) is 59.4 Å². The standard InChI is InChI=1S/C22H25FN2O3/c1-16(12-17-2-5-19(23)6-3-17)22(26)25-10-8-24(9-11-25)14-18-4-7-20-21(13-18)28-15-27-20/h2-7,13,16H,8-12,14-15H2,1H3. The fraction of sp³-hybridized carbons (Fsp3) is 0.409. The van der Waals surface area contributed by atoms with Gasteiger partial charge < -0.3 is 14.4 Å². The molecular weight excluding hydrogens is 359 g/mol.